The van der Waals surface area contributed by atoms with E-state index in [1.54, 1.807) is 0 Å². The Morgan fingerprint density at radius 2 is 1.95 bits per heavy atom. The predicted molar refractivity (Wildman–Crippen MR) is 66.0 cm³/mol. The zero-order chi connectivity index (χ0) is 13.7. The normalized spacial score (nSPS) is 24.6. The fraction of sp³-hybridized carbons (Fsp3) is 0.357. The minimum atomic E-state index is -1.10. The zero-order valence-electron chi connectivity index (χ0n) is 10.4. The summed E-state index contributed by atoms with van der Waals surface area (Å²) in [4.78, 5) is 36.4. The van der Waals surface area contributed by atoms with Gasteiger partial charge >= 0.3 is 5.97 Å². The number of benzene rings is 1. The van der Waals surface area contributed by atoms with E-state index in [1.165, 1.54) is 23.1 Å². The van der Waals surface area contributed by atoms with Crippen LogP contribution in [-0.4, -0.2) is 34.3 Å². The van der Waals surface area contributed by atoms with Crippen LogP contribution in [0.25, 0.3) is 0 Å². The number of carboxylic acid groups (broad SMARTS) is 1. The van der Waals surface area contributed by atoms with E-state index in [0.29, 0.717) is 23.9 Å². The Bertz CT molecular complexity index is 607. The first-order valence-corrected chi connectivity index (χ1v) is 6.22. The number of carbonyl (C=O) groups excluding carboxylic acids is 2. The smallest absolute Gasteiger partial charge is 0.335 e. The highest BCUT2D eigenvalue weighted by Gasteiger charge is 2.42. The molecule has 19 heavy (non-hydrogen) atoms. The highest BCUT2D eigenvalue weighted by molar-refractivity contribution is 6.21. The van der Waals surface area contributed by atoms with Gasteiger partial charge in [0.1, 0.15) is 0 Å². The molecule has 1 aromatic carbocycles. The average Bonchev–Trinajstić information content (AvgIpc) is 3.03. The summed E-state index contributed by atoms with van der Waals surface area (Å²) in [6, 6.07) is 4.07. The van der Waals surface area contributed by atoms with Crippen molar-refractivity contribution < 1.29 is 19.5 Å². The molecule has 1 heterocycles. The second kappa shape index (κ2) is 3.91. The third-order valence-corrected chi connectivity index (χ3v) is 3.91. The molecule has 0 spiro atoms. The first-order valence-electron chi connectivity index (χ1n) is 6.22. The van der Waals surface area contributed by atoms with Gasteiger partial charge in [-0.2, -0.15) is 0 Å². The molecule has 0 radical (unpaired) electrons. The second-order valence-electron chi connectivity index (χ2n) is 5.26. The van der Waals surface area contributed by atoms with E-state index >= 15 is 0 Å². The van der Waals surface area contributed by atoms with Gasteiger partial charge in [0, 0.05) is 6.54 Å². The molecule has 1 aliphatic carbocycles. The molecule has 2 atom stereocenters. The number of rotatable bonds is 3. The van der Waals surface area contributed by atoms with Gasteiger partial charge in [0.25, 0.3) is 11.8 Å². The molecule has 5 nitrogen and oxygen atoms in total. The van der Waals surface area contributed by atoms with E-state index < -0.39 is 5.97 Å². The maximum absolute atomic E-state index is 12.2. The van der Waals surface area contributed by atoms with Crippen LogP contribution in [0.4, 0.5) is 0 Å². The lowest BCUT2D eigenvalue weighted by molar-refractivity contribution is 0.0643. The van der Waals surface area contributed by atoms with E-state index in [-0.39, 0.29) is 22.9 Å². The summed E-state index contributed by atoms with van der Waals surface area (Å²) in [5.41, 5.74) is 0.544. The molecule has 1 aliphatic heterocycles. The summed E-state index contributed by atoms with van der Waals surface area (Å²) in [7, 11) is 0. The van der Waals surface area contributed by atoms with Gasteiger partial charge in [-0.25, -0.2) is 4.79 Å². The number of aromatic carboxylic acids is 1. The Morgan fingerprint density at radius 1 is 1.32 bits per heavy atom. The number of nitrogens with zero attached hydrogens (tertiary/aromatic N) is 1. The molecule has 3 rings (SSSR count). The van der Waals surface area contributed by atoms with Crippen LogP contribution in [0.5, 0.6) is 0 Å². The first-order chi connectivity index (χ1) is 8.99. The monoisotopic (exact) mass is 259 g/mol. The first kappa shape index (κ1) is 11.9. The molecule has 0 aromatic heterocycles. The summed E-state index contributed by atoms with van der Waals surface area (Å²) < 4.78 is 0. The summed E-state index contributed by atoms with van der Waals surface area (Å²) >= 11 is 0. The van der Waals surface area contributed by atoms with Gasteiger partial charge < -0.3 is 5.11 Å². The van der Waals surface area contributed by atoms with Crippen LogP contribution in [0, 0.1) is 11.8 Å². The Hall–Kier alpha value is -2.17. The Labute approximate surface area is 109 Å². The fourth-order valence-corrected chi connectivity index (χ4v) is 2.48. The number of carboxylic acids is 1. The maximum Gasteiger partial charge on any atom is 0.335 e. The second-order valence-corrected chi connectivity index (χ2v) is 5.26. The van der Waals surface area contributed by atoms with E-state index in [9.17, 15) is 14.4 Å². The molecular formula is C14H13NO4. The van der Waals surface area contributed by atoms with Gasteiger partial charge in [-0.3, -0.25) is 14.5 Å². The van der Waals surface area contributed by atoms with E-state index in [1.807, 2.05) is 0 Å². The lowest BCUT2D eigenvalue weighted by atomic mass is 10.1. The summed E-state index contributed by atoms with van der Waals surface area (Å²) in [6.07, 6.45) is 1.04. The average molecular weight is 259 g/mol. The van der Waals surface area contributed by atoms with Crippen LogP contribution >= 0.6 is 0 Å². The lowest BCUT2D eigenvalue weighted by Crippen LogP contribution is -2.31. The number of hydrogen-bond acceptors (Lipinski definition) is 3. The molecule has 0 bridgehead atoms. The molecule has 0 saturated heterocycles. The minimum Gasteiger partial charge on any atom is -0.478 e. The molecule has 98 valence electrons. The van der Waals surface area contributed by atoms with Crippen molar-refractivity contribution in [2.75, 3.05) is 6.54 Å². The van der Waals surface area contributed by atoms with Gasteiger partial charge in [-0.1, -0.05) is 6.92 Å². The summed E-state index contributed by atoms with van der Waals surface area (Å²) in [6.45, 7) is 2.53. The van der Waals surface area contributed by atoms with Crippen LogP contribution in [0.3, 0.4) is 0 Å². The van der Waals surface area contributed by atoms with Crippen LogP contribution < -0.4 is 0 Å². The van der Waals surface area contributed by atoms with Crippen LogP contribution in [-0.2, 0) is 0 Å². The molecular weight excluding hydrogens is 246 g/mol. The third-order valence-electron chi connectivity index (χ3n) is 3.91. The Morgan fingerprint density at radius 3 is 2.53 bits per heavy atom. The number of fused-ring (bicyclic) bond motifs is 1. The molecule has 2 amide bonds. The Balaban J connectivity index is 1.92. The van der Waals surface area contributed by atoms with Gasteiger partial charge in [0.2, 0.25) is 0 Å². The van der Waals surface area contributed by atoms with Crippen molar-refractivity contribution in [3.63, 3.8) is 0 Å². The van der Waals surface area contributed by atoms with Crippen LogP contribution in [0.2, 0.25) is 0 Å². The Kier molecular flexibility index (Phi) is 2.45. The van der Waals surface area contributed by atoms with Crippen molar-refractivity contribution in [2.45, 2.75) is 13.3 Å². The third kappa shape index (κ3) is 1.82. The van der Waals surface area contributed by atoms with Crippen molar-refractivity contribution >= 4 is 17.8 Å². The van der Waals surface area contributed by atoms with Crippen molar-refractivity contribution in [1.82, 2.24) is 4.90 Å². The SMILES string of the molecule is CC1CC1CN1C(=O)c2ccc(C(=O)O)cc2C1=O. The van der Waals surface area contributed by atoms with Crippen LogP contribution in [0.15, 0.2) is 18.2 Å². The number of hydrogen-bond donors (Lipinski definition) is 1. The molecule has 1 aromatic rings. The number of amides is 2. The largest absolute Gasteiger partial charge is 0.478 e. The predicted octanol–water partition coefficient (Wildman–Crippen LogP) is 1.64. The number of imide groups is 1. The van der Waals surface area contributed by atoms with Gasteiger partial charge in [-0.15, -0.1) is 0 Å². The molecule has 2 aliphatic rings. The molecule has 1 saturated carbocycles. The van der Waals surface area contributed by atoms with E-state index in [0.717, 1.165) is 6.42 Å². The van der Waals surface area contributed by atoms with E-state index in [4.69, 9.17) is 5.11 Å². The molecule has 1 fully saturated rings. The maximum atomic E-state index is 12.2. The minimum absolute atomic E-state index is 0.0292. The quantitative estimate of drug-likeness (QED) is 0.837. The highest BCUT2D eigenvalue weighted by atomic mass is 16.4. The standard InChI is InChI=1S/C14H13NO4/c1-7-4-9(7)6-15-12(16)10-3-2-8(14(18)19)5-11(10)13(15)17/h2-3,5,7,9H,4,6H2,1H3,(H,18,19). The topological polar surface area (TPSA) is 74.7 Å². The summed E-state index contributed by atoms with van der Waals surface area (Å²) in [5, 5.41) is 8.91. The zero-order valence-corrected chi connectivity index (χ0v) is 10.4. The molecule has 5 heteroatoms. The van der Waals surface area contributed by atoms with Crippen molar-refractivity contribution in [2.24, 2.45) is 11.8 Å². The number of carbonyl (C=O) groups is 3. The van der Waals surface area contributed by atoms with Gasteiger partial charge in [0.15, 0.2) is 0 Å². The lowest BCUT2D eigenvalue weighted by Gasteiger charge is -2.12. The molecule has 1 N–H and O–H groups in total. The van der Waals surface area contributed by atoms with Crippen molar-refractivity contribution in [3.05, 3.63) is 34.9 Å². The van der Waals surface area contributed by atoms with Crippen LogP contribution in [0.1, 0.15) is 44.4 Å². The van der Waals surface area contributed by atoms with Gasteiger partial charge in [-0.05, 0) is 36.5 Å². The molecule has 2 unspecified atom stereocenters. The van der Waals surface area contributed by atoms with Gasteiger partial charge in [0.05, 0.1) is 16.7 Å². The van der Waals surface area contributed by atoms with Crippen molar-refractivity contribution in [1.29, 1.82) is 0 Å². The van der Waals surface area contributed by atoms with E-state index in [2.05, 4.69) is 6.92 Å². The fourth-order valence-electron chi connectivity index (χ4n) is 2.48. The van der Waals surface area contributed by atoms with Crippen molar-refractivity contribution in [3.8, 4) is 0 Å². The summed E-state index contributed by atoms with van der Waals surface area (Å²) in [5.74, 6) is -0.837. The highest BCUT2D eigenvalue weighted by Crippen LogP contribution is 2.39.